The van der Waals surface area contributed by atoms with Gasteiger partial charge in [-0.3, -0.25) is 10.1 Å². The molecule has 1 atom stereocenters. The van der Waals surface area contributed by atoms with Crippen LogP contribution in [-0.4, -0.2) is 21.2 Å². The minimum atomic E-state index is 0.534. The maximum Gasteiger partial charge on any atom is 0.0710 e. The number of rotatable bonds is 6. The first-order chi connectivity index (χ1) is 8.81. The minimum Gasteiger partial charge on any atom is -0.310 e. The van der Waals surface area contributed by atoms with Crippen molar-refractivity contribution in [3.63, 3.8) is 0 Å². The molecule has 2 N–H and O–H groups in total. The Labute approximate surface area is 108 Å². The SMILES string of the molecule is CCCC(C)NCc1cn[nH]c1-c1cccnc1. The summed E-state index contributed by atoms with van der Waals surface area (Å²) in [6.07, 6.45) is 7.91. The van der Waals surface area contributed by atoms with E-state index in [9.17, 15) is 0 Å². The van der Waals surface area contributed by atoms with Crippen LogP contribution in [0.5, 0.6) is 0 Å². The van der Waals surface area contributed by atoms with Crippen LogP contribution in [0.2, 0.25) is 0 Å². The molecule has 0 bridgehead atoms. The lowest BCUT2D eigenvalue weighted by Crippen LogP contribution is -2.25. The highest BCUT2D eigenvalue weighted by atomic mass is 15.1. The zero-order valence-electron chi connectivity index (χ0n) is 11.0. The van der Waals surface area contributed by atoms with E-state index < -0.39 is 0 Å². The Bertz CT molecular complexity index is 464. The average Bonchev–Trinajstić information content (AvgIpc) is 2.86. The van der Waals surface area contributed by atoms with E-state index in [1.54, 1.807) is 6.20 Å². The van der Waals surface area contributed by atoms with Crippen molar-refractivity contribution in [2.75, 3.05) is 0 Å². The zero-order valence-corrected chi connectivity index (χ0v) is 11.0. The van der Waals surface area contributed by atoms with Gasteiger partial charge in [-0.05, 0) is 25.5 Å². The van der Waals surface area contributed by atoms with E-state index in [0.29, 0.717) is 6.04 Å². The van der Waals surface area contributed by atoms with Crippen LogP contribution in [-0.2, 0) is 6.54 Å². The monoisotopic (exact) mass is 244 g/mol. The summed E-state index contributed by atoms with van der Waals surface area (Å²) >= 11 is 0. The number of pyridine rings is 1. The summed E-state index contributed by atoms with van der Waals surface area (Å²) in [6.45, 7) is 5.26. The molecule has 0 aliphatic heterocycles. The first-order valence-electron chi connectivity index (χ1n) is 6.47. The molecule has 1 unspecified atom stereocenters. The molecule has 0 aromatic carbocycles. The summed E-state index contributed by atoms with van der Waals surface area (Å²) in [5, 5.41) is 10.7. The number of aromatic amines is 1. The molecular weight excluding hydrogens is 224 g/mol. The Hall–Kier alpha value is -1.68. The van der Waals surface area contributed by atoms with E-state index in [1.807, 2.05) is 24.5 Å². The smallest absolute Gasteiger partial charge is 0.0710 e. The first kappa shape index (κ1) is 12.8. The van der Waals surface area contributed by atoms with Crippen molar-refractivity contribution in [3.8, 4) is 11.3 Å². The van der Waals surface area contributed by atoms with Gasteiger partial charge in [-0.1, -0.05) is 13.3 Å². The second-order valence-corrected chi connectivity index (χ2v) is 4.58. The number of H-pyrrole nitrogens is 1. The lowest BCUT2D eigenvalue weighted by molar-refractivity contribution is 0.509. The number of nitrogens with one attached hydrogen (secondary N) is 2. The van der Waals surface area contributed by atoms with Gasteiger partial charge in [0.25, 0.3) is 0 Å². The highest BCUT2D eigenvalue weighted by Crippen LogP contribution is 2.19. The van der Waals surface area contributed by atoms with E-state index in [2.05, 4.69) is 34.3 Å². The van der Waals surface area contributed by atoms with Crippen molar-refractivity contribution in [2.24, 2.45) is 0 Å². The van der Waals surface area contributed by atoms with E-state index >= 15 is 0 Å². The van der Waals surface area contributed by atoms with Gasteiger partial charge in [0.2, 0.25) is 0 Å². The van der Waals surface area contributed by atoms with Crippen molar-refractivity contribution >= 4 is 0 Å². The van der Waals surface area contributed by atoms with E-state index in [0.717, 1.165) is 17.8 Å². The van der Waals surface area contributed by atoms with Crippen LogP contribution in [0.1, 0.15) is 32.3 Å². The van der Waals surface area contributed by atoms with Gasteiger partial charge in [0.05, 0.1) is 11.9 Å². The second-order valence-electron chi connectivity index (χ2n) is 4.58. The van der Waals surface area contributed by atoms with Crippen molar-refractivity contribution in [2.45, 2.75) is 39.3 Å². The third-order valence-corrected chi connectivity index (χ3v) is 3.03. The number of nitrogens with zero attached hydrogens (tertiary/aromatic N) is 2. The number of hydrogen-bond donors (Lipinski definition) is 2. The van der Waals surface area contributed by atoms with Crippen LogP contribution >= 0.6 is 0 Å². The predicted octanol–water partition coefficient (Wildman–Crippen LogP) is 2.75. The molecule has 0 saturated carbocycles. The van der Waals surface area contributed by atoms with Crippen molar-refractivity contribution < 1.29 is 0 Å². The predicted molar refractivity (Wildman–Crippen MR) is 73.0 cm³/mol. The highest BCUT2D eigenvalue weighted by Gasteiger charge is 2.08. The first-order valence-corrected chi connectivity index (χ1v) is 6.47. The molecule has 4 heteroatoms. The van der Waals surface area contributed by atoms with Gasteiger partial charge >= 0.3 is 0 Å². The van der Waals surface area contributed by atoms with Crippen LogP contribution in [0.4, 0.5) is 0 Å². The fraction of sp³-hybridized carbons (Fsp3) is 0.429. The summed E-state index contributed by atoms with van der Waals surface area (Å²) in [5.41, 5.74) is 3.32. The van der Waals surface area contributed by atoms with E-state index in [1.165, 1.54) is 18.4 Å². The largest absolute Gasteiger partial charge is 0.310 e. The number of aromatic nitrogens is 3. The Morgan fingerprint density at radius 2 is 2.28 bits per heavy atom. The molecule has 0 saturated heterocycles. The van der Waals surface area contributed by atoms with Gasteiger partial charge < -0.3 is 5.32 Å². The van der Waals surface area contributed by atoms with Crippen LogP contribution in [0.25, 0.3) is 11.3 Å². The van der Waals surface area contributed by atoms with Crippen LogP contribution in [0, 0.1) is 0 Å². The van der Waals surface area contributed by atoms with Crippen molar-refractivity contribution in [1.29, 1.82) is 0 Å². The normalized spacial score (nSPS) is 12.6. The van der Waals surface area contributed by atoms with E-state index in [-0.39, 0.29) is 0 Å². The van der Waals surface area contributed by atoms with E-state index in [4.69, 9.17) is 0 Å². The van der Waals surface area contributed by atoms with Gasteiger partial charge in [0.1, 0.15) is 0 Å². The maximum absolute atomic E-state index is 4.14. The molecule has 2 aromatic rings. The Balaban J connectivity index is 2.05. The topological polar surface area (TPSA) is 53.6 Å². The summed E-state index contributed by atoms with van der Waals surface area (Å²) < 4.78 is 0. The molecule has 96 valence electrons. The summed E-state index contributed by atoms with van der Waals surface area (Å²) in [4.78, 5) is 4.14. The Morgan fingerprint density at radius 1 is 1.39 bits per heavy atom. The summed E-state index contributed by atoms with van der Waals surface area (Å²) in [5.74, 6) is 0. The molecule has 2 heterocycles. The van der Waals surface area contributed by atoms with Crippen LogP contribution in [0.15, 0.2) is 30.7 Å². The van der Waals surface area contributed by atoms with Crippen molar-refractivity contribution in [3.05, 3.63) is 36.3 Å². The van der Waals surface area contributed by atoms with Crippen LogP contribution < -0.4 is 5.32 Å². The Kier molecular flexibility index (Phi) is 4.47. The molecule has 0 spiro atoms. The van der Waals surface area contributed by atoms with Gasteiger partial charge in [-0.15, -0.1) is 0 Å². The maximum atomic E-state index is 4.14. The summed E-state index contributed by atoms with van der Waals surface area (Å²) in [7, 11) is 0. The summed E-state index contributed by atoms with van der Waals surface area (Å²) in [6, 6.07) is 4.51. The quantitative estimate of drug-likeness (QED) is 0.821. The molecule has 0 aliphatic carbocycles. The third kappa shape index (κ3) is 3.17. The molecule has 18 heavy (non-hydrogen) atoms. The fourth-order valence-corrected chi connectivity index (χ4v) is 2.02. The molecule has 2 rings (SSSR count). The minimum absolute atomic E-state index is 0.534. The van der Waals surface area contributed by atoms with Gasteiger partial charge in [-0.2, -0.15) is 5.10 Å². The standard InChI is InChI=1S/C14H20N4/c1-3-5-11(2)16-9-13-10-17-18-14(13)12-6-4-7-15-8-12/h4,6-8,10-11,16H,3,5,9H2,1-2H3,(H,17,18). The zero-order chi connectivity index (χ0) is 12.8. The van der Waals surface area contributed by atoms with Gasteiger partial charge in [0, 0.05) is 36.1 Å². The van der Waals surface area contributed by atoms with Gasteiger partial charge in [0.15, 0.2) is 0 Å². The average molecular weight is 244 g/mol. The van der Waals surface area contributed by atoms with Crippen molar-refractivity contribution in [1.82, 2.24) is 20.5 Å². The fourth-order valence-electron chi connectivity index (χ4n) is 2.02. The van der Waals surface area contributed by atoms with Gasteiger partial charge in [-0.25, -0.2) is 0 Å². The molecule has 0 amide bonds. The molecule has 2 aromatic heterocycles. The molecule has 4 nitrogen and oxygen atoms in total. The number of hydrogen-bond acceptors (Lipinski definition) is 3. The molecule has 0 aliphatic rings. The lowest BCUT2D eigenvalue weighted by atomic mass is 10.1. The molecule has 0 radical (unpaired) electrons. The second kappa shape index (κ2) is 6.31. The van der Waals surface area contributed by atoms with Crippen LogP contribution in [0.3, 0.4) is 0 Å². The highest BCUT2D eigenvalue weighted by molar-refractivity contribution is 5.61. The lowest BCUT2D eigenvalue weighted by Gasteiger charge is -2.12. The molecular formula is C14H20N4. The Morgan fingerprint density at radius 3 is 3.00 bits per heavy atom. The third-order valence-electron chi connectivity index (χ3n) is 3.03. The molecule has 0 fully saturated rings.